The van der Waals surface area contributed by atoms with E-state index in [0.717, 1.165) is 37.8 Å². The molecule has 2 aromatic carbocycles. The number of benzene rings is 2. The van der Waals surface area contributed by atoms with Crippen molar-refractivity contribution in [1.82, 2.24) is 4.31 Å². The molecule has 0 saturated carbocycles. The van der Waals surface area contributed by atoms with Crippen LogP contribution in [0, 0.1) is 5.82 Å². The molecule has 1 aliphatic heterocycles. The van der Waals surface area contributed by atoms with Crippen molar-refractivity contribution >= 4 is 37.3 Å². The second-order valence-corrected chi connectivity index (χ2v) is 10.5. The fourth-order valence-corrected chi connectivity index (χ4v) is 5.82. The molecule has 1 fully saturated rings. The molecule has 3 rings (SSSR count). The van der Waals surface area contributed by atoms with Gasteiger partial charge in [0.05, 0.1) is 4.90 Å². The van der Waals surface area contributed by atoms with Crippen molar-refractivity contribution in [3.63, 3.8) is 0 Å². The van der Waals surface area contributed by atoms with Gasteiger partial charge >= 0.3 is 0 Å². The third-order valence-electron chi connectivity index (χ3n) is 4.49. The molecule has 0 aliphatic carbocycles. The van der Waals surface area contributed by atoms with Crippen LogP contribution in [-0.2, 0) is 20.0 Å². The minimum Gasteiger partial charge on any atom is -0.280 e. The van der Waals surface area contributed by atoms with Gasteiger partial charge in [-0.15, -0.1) is 0 Å². The summed E-state index contributed by atoms with van der Waals surface area (Å²) in [4.78, 5) is -0.451. The summed E-state index contributed by atoms with van der Waals surface area (Å²) in [5.74, 6) is -0.972. The Balaban J connectivity index is 1.80. The molecule has 0 aromatic heterocycles. The van der Waals surface area contributed by atoms with Crippen molar-refractivity contribution in [3.8, 4) is 0 Å². The van der Waals surface area contributed by atoms with Gasteiger partial charge in [-0.1, -0.05) is 24.4 Å². The first-order valence-corrected chi connectivity index (χ1v) is 12.1. The van der Waals surface area contributed by atoms with Gasteiger partial charge in [0, 0.05) is 23.8 Å². The fourth-order valence-electron chi connectivity index (χ4n) is 3.03. The second kappa shape index (κ2) is 8.36. The molecule has 28 heavy (non-hydrogen) atoms. The van der Waals surface area contributed by atoms with E-state index in [1.807, 2.05) is 0 Å². The number of rotatable bonds is 5. The molecule has 0 unspecified atom stereocenters. The molecule has 1 aliphatic rings. The Morgan fingerprint density at radius 1 is 0.893 bits per heavy atom. The SMILES string of the molecule is O=S(=O)(Nc1ccc(S(=O)(=O)N2CCCCCC2)cc1)c1ccc(Cl)cc1F. The quantitative estimate of drug-likeness (QED) is 0.756. The lowest BCUT2D eigenvalue weighted by Crippen LogP contribution is -2.31. The highest BCUT2D eigenvalue weighted by molar-refractivity contribution is 7.92. The molecule has 10 heteroatoms. The van der Waals surface area contributed by atoms with E-state index in [9.17, 15) is 21.2 Å². The van der Waals surface area contributed by atoms with Crippen molar-refractivity contribution in [3.05, 3.63) is 53.3 Å². The van der Waals surface area contributed by atoms with E-state index in [1.54, 1.807) is 0 Å². The van der Waals surface area contributed by atoms with E-state index in [2.05, 4.69) is 4.72 Å². The van der Waals surface area contributed by atoms with Gasteiger partial charge < -0.3 is 0 Å². The topological polar surface area (TPSA) is 83.5 Å². The van der Waals surface area contributed by atoms with Crippen molar-refractivity contribution in [2.24, 2.45) is 0 Å². The van der Waals surface area contributed by atoms with Crippen LogP contribution < -0.4 is 4.72 Å². The van der Waals surface area contributed by atoms with Crippen LogP contribution in [0.15, 0.2) is 52.3 Å². The van der Waals surface area contributed by atoms with Gasteiger partial charge in [0.15, 0.2) is 0 Å². The molecule has 1 heterocycles. The molecule has 2 aromatic rings. The van der Waals surface area contributed by atoms with Crippen LogP contribution in [0.5, 0.6) is 0 Å². The zero-order valence-corrected chi connectivity index (χ0v) is 17.3. The third kappa shape index (κ3) is 4.65. The van der Waals surface area contributed by atoms with Crippen molar-refractivity contribution < 1.29 is 21.2 Å². The summed E-state index contributed by atoms with van der Waals surface area (Å²) >= 11 is 5.65. The molecule has 0 radical (unpaired) electrons. The van der Waals surface area contributed by atoms with Crippen molar-refractivity contribution in [1.29, 1.82) is 0 Å². The minimum atomic E-state index is -4.18. The lowest BCUT2D eigenvalue weighted by Gasteiger charge is -2.20. The van der Waals surface area contributed by atoms with E-state index in [4.69, 9.17) is 11.6 Å². The van der Waals surface area contributed by atoms with Crippen molar-refractivity contribution in [2.45, 2.75) is 35.5 Å². The Hall–Kier alpha value is -1.68. The highest BCUT2D eigenvalue weighted by Gasteiger charge is 2.25. The average Bonchev–Trinajstić information content (AvgIpc) is 2.91. The normalized spacial score (nSPS) is 16.5. The summed E-state index contributed by atoms with van der Waals surface area (Å²) in [6, 6.07) is 8.62. The number of hydrogen-bond donors (Lipinski definition) is 1. The van der Waals surface area contributed by atoms with Gasteiger partial charge in [-0.2, -0.15) is 4.31 Å². The molecule has 1 N–H and O–H groups in total. The number of hydrogen-bond acceptors (Lipinski definition) is 4. The Morgan fingerprint density at radius 3 is 2.07 bits per heavy atom. The van der Waals surface area contributed by atoms with Gasteiger partial charge in [0.2, 0.25) is 10.0 Å². The predicted molar refractivity (Wildman–Crippen MR) is 106 cm³/mol. The predicted octanol–water partition coefficient (Wildman–Crippen LogP) is 3.84. The Kier molecular flexibility index (Phi) is 6.28. The first kappa shape index (κ1) is 21.0. The molecular formula is C18H20ClFN2O4S2. The Morgan fingerprint density at radius 2 is 1.50 bits per heavy atom. The molecule has 6 nitrogen and oxygen atoms in total. The van der Waals surface area contributed by atoms with Crippen LogP contribution in [0.3, 0.4) is 0 Å². The van der Waals surface area contributed by atoms with E-state index in [0.29, 0.717) is 13.1 Å². The van der Waals surface area contributed by atoms with Crippen LogP contribution in [0.25, 0.3) is 0 Å². The highest BCUT2D eigenvalue weighted by Crippen LogP contribution is 2.24. The maximum atomic E-state index is 13.9. The van der Waals surface area contributed by atoms with Crippen LogP contribution in [0.1, 0.15) is 25.7 Å². The van der Waals surface area contributed by atoms with Gasteiger partial charge in [-0.05, 0) is 55.3 Å². The molecule has 0 bridgehead atoms. The average molecular weight is 447 g/mol. The van der Waals surface area contributed by atoms with Gasteiger partial charge in [0.1, 0.15) is 10.7 Å². The Bertz CT molecular complexity index is 1050. The Labute approximate surface area is 169 Å². The highest BCUT2D eigenvalue weighted by atomic mass is 35.5. The smallest absolute Gasteiger partial charge is 0.264 e. The van der Waals surface area contributed by atoms with Crippen LogP contribution >= 0.6 is 11.6 Å². The summed E-state index contributed by atoms with van der Waals surface area (Å²) in [5, 5.41) is 0.0829. The van der Waals surface area contributed by atoms with Gasteiger partial charge in [0.25, 0.3) is 10.0 Å². The first-order chi connectivity index (χ1) is 13.2. The zero-order valence-electron chi connectivity index (χ0n) is 14.9. The number of nitrogens with one attached hydrogen (secondary N) is 1. The summed E-state index contributed by atoms with van der Waals surface area (Å²) in [6.45, 7) is 0.957. The summed E-state index contributed by atoms with van der Waals surface area (Å²) in [7, 11) is -7.81. The first-order valence-electron chi connectivity index (χ1n) is 8.78. The number of halogens is 2. The van der Waals surface area contributed by atoms with Gasteiger partial charge in [-0.3, -0.25) is 4.72 Å². The standard InChI is InChI=1S/C18H20ClFN2O4S2/c19-14-5-10-18(17(20)13-14)27(23,24)21-15-6-8-16(9-7-15)28(25,26)22-11-3-1-2-4-12-22/h5-10,13,21H,1-4,11-12H2. The van der Waals surface area contributed by atoms with Crippen molar-refractivity contribution in [2.75, 3.05) is 17.8 Å². The third-order valence-corrected chi connectivity index (χ3v) is 8.06. The van der Waals surface area contributed by atoms with E-state index >= 15 is 0 Å². The minimum absolute atomic E-state index is 0.0829. The maximum absolute atomic E-state index is 13.9. The molecule has 0 atom stereocenters. The second-order valence-electron chi connectivity index (χ2n) is 6.52. The molecule has 152 valence electrons. The lowest BCUT2D eigenvalue weighted by atomic mass is 10.2. The molecule has 0 amide bonds. The summed E-state index contributed by atoms with van der Waals surface area (Å²) in [5.41, 5.74) is 0.129. The number of sulfonamides is 2. The van der Waals surface area contributed by atoms with Crippen LogP contribution in [0.2, 0.25) is 5.02 Å². The molecule has 1 saturated heterocycles. The number of nitrogens with zero attached hydrogens (tertiary/aromatic N) is 1. The van der Waals surface area contributed by atoms with E-state index < -0.39 is 30.8 Å². The monoisotopic (exact) mass is 446 g/mol. The maximum Gasteiger partial charge on any atom is 0.264 e. The summed E-state index contributed by atoms with van der Waals surface area (Å²) < 4.78 is 67.9. The largest absolute Gasteiger partial charge is 0.280 e. The van der Waals surface area contributed by atoms with E-state index in [-0.39, 0.29) is 15.6 Å². The lowest BCUT2D eigenvalue weighted by molar-refractivity contribution is 0.424. The summed E-state index contributed by atoms with van der Waals surface area (Å²) in [6.07, 6.45) is 3.66. The van der Waals surface area contributed by atoms with Gasteiger partial charge in [-0.25, -0.2) is 21.2 Å². The zero-order chi connectivity index (χ0) is 20.4. The number of anilines is 1. The molecular weight excluding hydrogens is 427 g/mol. The molecule has 0 spiro atoms. The van der Waals surface area contributed by atoms with E-state index in [1.165, 1.54) is 34.6 Å². The van der Waals surface area contributed by atoms with Crippen LogP contribution in [0.4, 0.5) is 10.1 Å². The van der Waals surface area contributed by atoms with Crippen LogP contribution in [-0.4, -0.2) is 34.2 Å². The fraction of sp³-hybridized carbons (Fsp3) is 0.333.